The maximum Gasteiger partial charge on any atom is 0.201 e. The predicted octanol–water partition coefficient (Wildman–Crippen LogP) is 0.937. The lowest BCUT2D eigenvalue weighted by atomic mass is 10.0. The molecule has 0 aromatic carbocycles. The lowest BCUT2D eigenvalue weighted by Gasteiger charge is -2.15. The van der Waals surface area contributed by atoms with Crippen molar-refractivity contribution in [3.63, 3.8) is 0 Å². The van der Waals surface area contributed by atoms with Crippen LogP contribution in [-0.2, 0) is 9.53 Å². The molecule has 0 bridgehead atoms. The Bertz CT molecular complexity index is 246. The van der Waals surface area contributed by atoms with Crippen LogP contribution in [0.3, 0.4) is 0 Å². The minimum absolute atomic E-state index is 0.0231. The molecular weight excluding hydrogens is 200 g/mol. The summed E-state index contributed by atoms with van der Waals surface area (Å²) >= 11 is 0. The summed E-state index contributed by atoms with van der Waals surface area (Å²) in [6, 6.07) is 0. The number of carbonyl (C=O) groups is 1. The predicted molar refractivity (Wildman–Crippen MR) is 54.6 cm³/mol. The van der Waals surface area contributed by atoms with E-state index in [4.69, 9.17) is 5.11 Å². The van der Waals surface area contributed by atoms with E-state index in [1.165, 1.54) is 7.11 Å². The Kier molecular flexibility index (Phi) is 5.96. The molecule has 5 nitrogen and oxygen atoms in total. The molecule has 2 unspecified atom stereocenters. The van der Waals surface area contributed by atoms with Gasteiger partial charge in [0.05, 0.1) is 18.6 Å². The van der Waals surface area contributed by atoms with Gasteiger partial charge in [-0.3, -0.25) is 4.79 Å². The number of aliphatic hydroxyl groups excluding tert-OH is 3. The third-order valence-electron chi connectivity index (χ3n) is 2.07. The van der Waals surface area contributed by atoms with Gasteiger partial charge in [-0.25, -0.2) is 0 Å². The standard InChI is InChI=1S/C8H12O5.C2H6/c1-13-3-6(10)4-2-5(9)8(12)7(4)11;1-2/h4,6,10-12H,2-3H2,1H3;1-2H3. The van der Waals surface area contributed by atoms with E-state index < -0.39 is 29.3 Å². The fraction of sp³-hybridized carbons (Fsp3) is 0.700. The van der Waals surface area contributed by atoms with Gasteiger partial charge in [0, 0.05) is 13.5 Å². The zero-order chi connectivity index (χ0) is 12.0. The summed E-state index contributed by atoms with van der Waals surface area (Å²) in [5.41, 5.74) is 0. The Morgan fingerprint density at radius 3 is 2.33 bits per heavy atom. The average Bonchev–Trinajstić information content (AvgIpc) is 2.49. The van der Waals surface area contributed by atoms with Crippen molar-refractivity contribution in [2.45, 2.75) is 26.4 Å². The molecule has 1 aliphatic carbocycles. The molecule has 0 aromatic heterocycles. The van der Waals surface area contributed by atoms with E-state index in [-0.39, 0.29) is 13.0 Å². The molecule has 0 aliphatic heterocycles. The molecule has 0 spiro atoms. The molecule has 0 saturated heterocycles. The molecule has 0 aromatic rings. The maximum absolute atomic E-state index is 10.9. The van der Waals surface area contributed by atoms with Crippen molar-refractivity contribution in [1.82, 2.24) is 0 Å². The molecule has 5 heteroatoms. The molecule has 88 valence electrons. The Hall–Kier alpha value is -1.07. The van der Waals surface area contributed by atoms with Gasteiger partial charge in [0.25, 0.3) is 0 Å². The largest absolute Gasteiger partial charge is 0.508 e. The second kappa shape index (κ2) is 6.42. The molecule has 0 amide bonds. The van der Waals surface area contributed by atoms with Gasteiger partial charge < -0.3 is 20.1 Å². The van der Waals surface area contributed by atoms with Crippen molar-refractivity contribution in [1.29, 1.82) is 0 Å². The van der Waals surface area contributed by atoms with Crippen LogP contribution in [0.5, 0.6) is 0 Å². The normalized spacial score (nSPS) is 22.4. The van der Waals surface area contributed by atoms with Crippen molar-refractivity contribution in [3.05, 3.63) is 11.5 Å². The third-order valence-corrected chi connectivity index (χ3v) is 2.07. The first-order valence-electron chi connectivity index (χ1n) is 4.90. The fourth-order valence-corrected chi connectivity index (χ4v) is 1.32. The summed E-state index contributed by atoms with van der Waals surface area (Å²) in [6.45, 7) is 4.02. The highest BCUT2D eigenvalue weighted by Gasteiger charge is 2.36. The lowest BCUT2D eigenvalue weighted by molar-refractivity contribution is -0.118. The van der Waals surface area contributed by atoms with Crippen LogP contribution in [0.1, 0.15) is 20.3 Å². The van der Waals surface area contributed by atoms with E-state index in [0.29, 0.717) is 0 Å². The molecule has 1 rings (SSSR count). The van der Waals surface area contributed by atoms with Gasteiger partial charge in [-0.1, -0.05) is 13.8 Å². The van der Waals surface area contributed by atoms with Gasteiger partial charge in [0.2, 0.25) is 5.78 Å². The summed E-state index contributed by atoms with van der Waals surface area (Å²) < 4.78 is 4.66. The minimum atomic E-state index is -0.960. The number of aliphatic hydroxyl groups is 3. The van der Waals surface area contributed by atoms with Crippen molar-refractivity contribution in [3.8, 4) is 0 Å². The number of Topliss-reactive ketones (excluding diaryl/α,β-unsaturated/α-hetero) is 1. The van der Waals surface area contributed by atoms with Gasteiger partial charge >= 0.3 is 0 Å². The molecule has 1 aliphatic rings. The summed E-state index contributed by atoms with van der Waals surface area (Å²) in [5.74, 6) is -2.35. The highest BCUT2D eigenvalue weighted by molar-refractivity contribution is 5.96. The van der Waals surface area contributed by atoms with Crippen LogP contribution in [0.25, 0.3) is 0 Å². The van der Waals surface area contributed by atoms with Gasteiger partial charge in [-0.15, -0.1) is 0 Å². The van der Waals surface area contributed by atoms with E-state index in [1.807, 2.05) is 13.8 Å². The van der Waals surface area contributed by atoms with Gasteiger partial charge in [0.1, 0.15) is 5.76 Å². The molecule has 0 heterocycles. The fourth-order valence-electron chi connectivity index (χ4n) is 1.32. The SMILES string of the molecule is CC.COCC(O)C1CC(=O)C(O)=C1O. The number of ether oxygens (including phenoxy) is 1. The lowest BCUT2D eigenvalue weighted by Crippen LogP contribution is -2.25. The number of ketones is 1. The highest BCUT2D eigenvalue weighted by atomic mass is 16.5. The molecule has 2 atom stereocenters. The Labute approximate surface area is 89.0 Å². The first kappa shape index (κ1) is 13.9. The smallest absolute Gasteiger partial charge is 0.201 e. The van der Waals surface area contributed by atoms with Crippen LogP contribution >= 0.6 is 0 Å². The number of hydrogen-bond donors (Lipinski definition) is 3. The average molecular weight is 218 g/mol. The van der Waals surface area contributed by atoms with E-state index in [0.717, 1.165) is 0 Å². The Morgan fingerprint density at radius 1 is 1.47 bits per heavy atom. The number of hydrogen-bond acceptors (Lipinski definition) is 5. The zero-order valence-corrected chi connectivity index (χ0v) is 9.23. The van der Waals surface area contributed by atoms with Crippen LogP contribution in [-0.4, -0.2) is 40.9 Å². The second-order valence-electron chi connectivity index (χ2n) is 2.99. The van der Waals surface area contributed by atoms with Crippen LogP contribution in [0.15, 0.2) is 11.5 Å². The molecule has 0 fully saturated rings. The van der Waals surface area contributed by atoms with Crippen molar-refractivity contribution >= 4 is 5.78 Å². The quantitative estimate of drug-likeness (QED) is 0.656. The summed E-state index contributed by atoms with van der Waals surface area (Å²) in [4.78, 5) is 10.9. The van der Waals surface area contributed by atoms with Crippen LogP contribution in [0.2, 0.25) is 0 Å². The summed E-state index contributed by atoms with van der Waals surface area (Å²) in [6.07, 6.45) is -1.03. The number of rotatable bonds is 3. The van der Waals surface area contributed by atoms with Crippen LogP contribution < -0.4 is 0 Å². The third kappa shape index (κ3) is 3.21. The van der Waals surface area contributed by atoms with E-state index >= 15 is 0 Å². The maximum atomic E-state index is 10.9. The number of methoxy groups -OCH3 is 1. The monoisotopic (exact) mass is 218 g/mol. The van der Waals surface area contributed by atoms with E-state index in [1.54, 1.807) is 0 Å². The van der Waals surface area contributed by atoms with Gasteiger partial charge in [-0.05, 0) is 0 Å². The molecule has 3 N–H and O–H groups in total. The minimum Gasteiger partial charge on any atom is -0.508 e. The van der Waals surface area contributed by atoms with Crippen LogP contribution in [0, 0.1) is 5.92 Å². The zero-order valence-electron chi connectivity index (χ0n) is 9.23. The first-order chi connectivity index (χ1) is 7.07. The van der Waals surface area contributed by atoms with Crippen LogP contribution in [0.4, 0.5) is 0 Å². The molecule has 15 heavy (non-hydrogen) atoms. The Morgan fingerprint density at radius 2 is 2.00 bits per heavy atom. The topological polar surface area (TPSA) is 87.0 Å². The van der Waals surface area contributed by atoms with Crippen molar-refractivity contribution in [2.75, 3.05) is 13.7 Å². The van der Waals surface area contributed by atoms with E-state index in [9.17, 15) is 15.0 Å². The highest BCUT2D eigenvalue weighted by Crippen LogP contribution is 2.28. The summed E-state index contributed by atoms with van der Waals surface area (Å²) in [7, 11) is 1.40. The Balaban J connectivity index is 0.000000921. The molecule has 0 radical (unpaired) electrons. The van der Waals surface area contributed by atoms with Gasteiger partial charge in [-0.2, -0.15) is 0 Å². The summed E-state index contributed by atoms with van der Waals surface area (Å²) in [5, 5.41) is 27.6. The van der Waals surface area contributed by atoms with Crippen molar-refractivity contribution in [2.24, 2.45) is 5.92 Å². The molecular formula is C10H18O5. The first-order valence-corrected chi connectivity index (χ1v) is 4.90. The molecule has 0 saturated carbocycles. The number of allylic oxidation sites excluding steroid dienone is 1. The van der Waals surface area contributed by atoms with Gasteiger partial charge in [0.15, 0.2) is 5.76 Å². The second-order valence-corrected chi connectivity index (χ2v) is 2.99. The van der Waals surface area contributed by atoms with Crippen molar-refractivity contribution < 1.29 is 24.9 Å². The van der Waals surface area contributed by atoms with E-state index in [2.05, 4.69) is 4.74 Å². The number of carbonyl (C=O) groups excluding carboxylic acids is 1.